The number of halogens is 1. The van der Waals surface area contributed by atoms with Crippen molar-refractivity contribution in [1.29, 1.82) is 0 Å². The molecule has 21 heavy (non-hydrogen) atoms. The van der Waals surface area contributed by atoms with Crippen LogP contribution < -0.4 is 5.32 Å². The molecule has 1 aliphatic rings. The highest BCUT2D eigenvalue weighted by Crippen LogP contribution is 2.28. The Morgan fingerprint density at radius 2 is 2.00 bits per heavy atom. The van der Waals surface area contributed by atoms with E-state index in [1.165, 1.54) is 12.1 Å². The van der Waals surface area contributed by atoms with Gasteiger partial charge in [-0.15, -0.1) is 0 Å². The van der Waals surface area contributed by atoms with Gasteiger partial charge >= 0.3 is 0 Å². The maximum absolute atomic E-state index is 13.4. The van der Waals surface area contributed by atoms with Crippen LogP contribution in [0.4, 0.5) is 4.39 Å². The summed E-state index contributed by atoms with van der Waals surface area (Å²) in [4.78, 5) is 25.9. The fourth-order valence-electron chi connectivity index (χ4n) is 2.68. The van der Waals surface area contributed by atoms with Crippen molar-refractivity contribution < 1.29 is 14.0 Å². The zero-order valence-corrected chi connectivity index (χ0v) is 12.9. The molecule has 0 saturated carbocycles. The molecule has 1 N–H and O–H groups in total. The number of benzene rings is 1. The van der Waals surface area contributed by atoms with Crippen molar-refractivity contribution in [2.24, 2.45) is 5.41 Å². The SMILES string of the molecule is Cc1ccc(F)cc1CN1C(=O)CNC(=O)C1C(C)(C)C. The molecule has 1 fully saturated rings. The fourth-order valence-corrected chi connectivity index (χ4v) is 2.68. The van der Waals surface area contributed by atoms with E-state index >= 15 is 0 Å². The topological polar surface area (TPSA) is 49.4 Å². The van der Waals surface area contributed by atoms with E-state index in [1.54, 1.807) is 11.0 Å². The molecule has 0 aliphatic carbocycles. The first-order chi connectivity index (χ1) is 9.70. The second-order valence-electron chi connectivity index (χ2n) is 6.58. The molecule has 1 heterocycles. The third kappa shape index (κ3) is 3.23. The van der Waals surface area contributed by atoms with Crippen LogP contribution in [0.1, 0.15) is 31.9 Å². The number of rotatable bonds is 2. The average Bonchev–Trinajstić information content (AvgIpc) is 2.36. The minimum absolute atomic E-state index is 0.000222. The van der Waals surface area contributed by atoms with Gasteiger partial charge in [0.25, 0.3) is 0 Å². The van der Waals surface area contributed by atoms with Gasteiger partial charge in [0.2, 0.25) is 11.8 Å². The van der Waals surface area contributed by atoms with Crippen LogP contribution in [-0.4, -0.2) is 29.3 Å². The summed E-state index contributed by atoms with van der Waals surface area (Å²) in [6, 6.07) is 3.95. The molecule has 0 radical (unpaired) electrons. The normalized spacial score (nSPS) is 19.7. The van der Waals surface area contributed by atoms with E-state index in [2.05, 4.69) is 5.32 Å². The smallest absolute Gasteiger partial charge is 0.243 e. The van der Waals surface area contributed by atoms with Gasteiger partial charge in [-0.25, -0.2) is 4.39 Å². The molecule has 114 valence electrons. The highest BCUT2D eigenvalue weighted by molar-refractivity contribution is 5.95. The van der Waals surface area contributed by atoms with Gasteiger partial charge in [0.05, 0.1) is 6.54 Å². The van der Waals surface area contributed by atoms with Crippen LogP contribution in [0.15, 0.2) is 18.2 Å². The summed E-state index contributed by atoms with van der Waals surface area (Å²) in [5.74, 6) is -0.633. The number of carbonyl (C=O) groups is 2. The van der Waals surface area contributed by atoms with Crippen molar-refractivity contribution in [3.05, 3.63) is 35.1 Å². The Kier molecular flexibility index (Phi) is 4.03. The average molecular weight is 292 g/mol. The summed E-state index contributed by atoms with van der Waals surface area (Å²) in [7, 11) is 0. The first-order valence-electron chi connectivity index (χ1n) is 7.02. The van der Waals surface area contributed by atoms with Gasteiger partial charge in [0.15, 0.2) is 0 Å². The number of aryl methyl sites for hydroxylation is 1. The van der Waals surface area contributed by atoms with Crippen LogP contribution in [0.2, 0.25) is 0 Å². The molecule has 2 rings (SSSR count). The molecule has 1 aliphatic heterocycles. The number of nitrogens with zero attached hydrogens (tertiary/aromatic N) is 1. The predicted octanol–water partition coefficient (Wildman–Crippen LogP) is 2.01. The summed E-state index contributed by atoms with van der Waals surface area (Å²) in [5, 5.41) is 2.63. The second-order valence-corrected chi connectivity index (χ2v) is 6.58. The predicted molar refractivity (Wildman–Crippen MR) is 77.9 cm³/mol. The molecule has 1 aromatic carbocycles. The van der Waals surface area contributed by atoms with Crippen molar-refractivity contribution in [1.82, 2.24) is 10.2 Å². The summed E-state index contributed by atoms with van der Waals surface area (Å²) < 4.78 is 13.4. The van der Waals surface area contributed by atoms with Crippen LogP contribution in [0, 0.1) is 18.2 Å². The van der Waals surface area contributed by atoms with Crippen molar-refractivity contribution >= 4 is 11.8 Å². The zero-order chi connectivity index (χ0) is 15.8. The molecule has 1 unspecified atom stereocenters. The highest BCUT2D eigenvalue weighted by Gasteiger charge is 2.42. The van der Waals surface area contributed by atoms with E-state index in [0.29, 0.717) is 0 Å². The lowest BCUT2D eigenvalue weighted by Gasteiger charge is -2.42. The maximum atomic E-state index is 13.4. The summed E-state index contributed by atoms with van der Waals surface area (Å²) >= 11 is 0. The van der Waals surface area contributed by atoms with E-state index < -0.39 is 6.04 Å². The van der Waals surface area contributed by atoms with Gasteiger partial charge < -0.3 is 10.2 Å². The van der Waals surface area contributed by atoms with E-state index in [-0.39, 0.29) is 36.1 Å². The van der Waals surface area contributed by atoms with E-state index in [9.17, 15) is 14.0 Å². The Bertz CT molecular complexity index is 578. The highest BCUT2D eigenvalue weighted by atomic mass is 19.1. The van der Waals surface area contributed by atoms with E-state index in [1.807, 2.05) is 27.7 Å². The van der Waals surface area contributed by atoms with Gasteiger partial charge in [-0.05, 0) is 35.6 Å². The molecule has 1 atom stereocenters. The summed E-state index contributed by atoms with van der Waals surface area (Å²) in [6.45, 7) is 7.87. The molecular weight excluding hydrogens is 271 g/mol. The largest absolute Gasteiger partial charge is 0.345 e. The van der Waals surface area contributed by atoms with E-state index in [0.717, 1.165) is 11.1 Å². The Morgan fingerprint density at radius 3 is 2.62 bits per heavy atom. The first-order valence-corrected chi connectivity index (χ1v) is 7.02. The Morgan fingerprint density at radius 1 is 1.33 bits per heavy atom. The Labute approximate surface area is 124 Å². The van der Waals surface area contributed by atoms with Crippen LogP contribution in [0.5, 0.6) is 0 Å². The zero-order valence-electron chi connectivity index (χ0n) is 12.9. The lowest BCUT2D eigenvalue weighted by molar-refractivity contribution is -0.150. The van der Waals surface area contributed by atoms with E-state index in [4.69, 9.17) is 0 Å². The van der Waals surface area contributed by atoms with Gasteiger partial charge in [0, 0.05) is 6.54 Å². The van der Waals surface area contributed by atoms with Crippen LogP contribution in [-0.2, 0) is 16.1 Å². The Hall–Kier alpha value is -1.91. The third-order valence-corrected chi connectivity index (χ3v) is 3.77. The van der Waals surface area contributed by atoms with Gasteiger partial charge in [-0.2, -0.15) is 0 Å². The molecule has 1 saturated heterocycles. The minimum Gasteiger partial charge on any atom is -0.345 e. The molecule has 1 aromatic rings. The van der Waals surface area contributed by atoms with Gasteiger partial charge in [-0.3, -0.25) is 9.59 Å². The van der Waals surface area contributed by atoms with Crippen LogP contribution in [0.25, 0.3) is 0 Å². The van der Waals surface area contributed by atoms with Crippen molar-refractivity contribution in [3.8, 4) is 0 Å². The number of nitrogens with one attached hydrogen (secondary N) is 1. The van der Waals surface area contributed by atoms with Crippen LogP contribution >= 0.6 is 0 Å². The standard InChI is InChI=1S/C16H21FN2O2/c1-10-5-6-12(17)7-11(10)9-19-13(20)8-18-15(21)14(19)16(2,3)4/h5-7,14H,8-9H2,1-4H3,(H,18,21). The Balaban J connectivity index is 2.35. The number of hydrogen-bond acceptors (Lipinski definition) is 2. The maximum Gasteiger partial charge on any atom is 0.243 e. The quantitative estimate of drug-likeness (QED) is 0.906. The van der Waals surface area contributed by atoms with Gasteiger partial charge in [-0.1, -0.05) is 26.8 Å². The molecule has 4 nitrogen and oxygen atoms in total. The third-order valence-electron chi connectivity index (χ3n) is 3.77. The monoisotopic (exact) mass is 292 g/mol. The van der Waals surface area contributed by atoms with Crippen molar-refractivity contribution in [3.63, 3.8) is 0 Å². The minimum atomic E-state index is -0.554. The first kappa shape index (κ1) is 15.5. The molecule has 5 heteroatoms. The van der Waals surface area contributed by atoms with Crippen LogP contribution in [0.3, 0.4) is 0 Å². The molecule has 0 bridgehead atoms. The molecule has 0 aromatic heterocycles. The lowest BCUT2D eigenvalue weighted by Crippen LogP contribution is -2.62. The lowest BCUT2D eigenvalue weighted by atomic mass is 9.83. The number of hydrogen-bond donors (Lipinski definition) is 1. The molecule has 2 amide bonds. The molecule has 0 spiro atoms. The van der Waals surface area contributed by atoms with Gasteiger partial charge in [0.1, 0.15) is 11.9 Å². The second kappa shape index (κ2) is 5.47. The van der Waals surface area contributed by atoms with Crippen molar-refractivity contribution in [2.75, 3.05) is 6.54 Å². The number of amides is 2. The fraction of sp³-hybridized carbons (Fsp3) is 0.500. The number of piperazine rings is 1. The number of carbonyl (C=O) groups excluding carboxylic acids is 2. The van der Waals surface area contributed by atoms with Crippen molar-refractivity contribution in [2.45, 2.75) is 40.3 Å². The summed E-state index contributed by atoms with van der Waals surface area (Å²) in [6.07, 6.45) is 0. The summed E-state index contributed by atoms with van der Waals surface area (Å²) in [5.41, 5.74) is 1.25. The molecular formula is C16H21FN2O2.